The van der Waals surface area contributed by atoms with Crippen molar-refractivity contribution in [2.75, 3.05) is 0 Å². The standard InChI is InChI=1S/C30H46N4O5/c1-10-22-13-15-23(16-14-22)26(27(36)32-20(4)5)34(21(6)12-11-19(2)3)28(37)24(17-18-25(31)35)33-29(38)39-30(7,8)9/h1,13-16,19-21,24,26H,11-12,17-18H2,2-9H3,(H2,31,35)(H,32,36)(H,33,38). The normalized spacial score (nSPS) is 13.7. The molecule has 1 rings (SSSR count). The lowest BCUT2D eigenvalue weighted by atomic mass is 9.96. The quantitative estimate of drug-likeness (QED) is 0.324. The monoisotopic (exact) mass is 542 g/mol. The highest BCUT2D eigenvalue weighted by atomic mass is 16.6. The van der Waals surface area contributed by atoms with Gasteiger partial charge in [-0.2, -0.15) is 0 Å². The van der Waals surface area contributed by atoms with Gasteiger partial charge in [-0.25, -0.2) is 4.79 Å². The summed E-state index contributed by atoms with van der Waals surface area (Å²) in [6.07, 6.45) is 5.97. The van der Waals surface area contributed by atoms with Gasteiger partial charge in [0.05, 0.1) is 0 Å². The van der Waals surface area contributed by atoms with Crippen LogP contribution in [0.15, 0.2) is 24.3 Å². The van der Waals surface area contributed by atoms with Crippen molar-refractivity contribution in [2.45, 2.75) is 111 Å². The molecule has 0 radical (unpaired) electrons. The van der Waals surface area contributed by atoms with Crippen molar-refractivity contribution in [1.29, 1.82) is 0 Å². The van der Waals surface area contributed by atoms with Gasteiger partial charge in [0.1, 0.15) is 17.7 Å². The van der Waals surface area contributed by atoms with E-state index in [1.54, 1.807) is 45.0 Å². The zero-order valence-corrected chi connectivity index (χ0v) is 24.7. The Morgan fingerprint density at radius 1 is 0.974 bits per heavy atom. The summed E-state index contributed by atoms with van der Waals surface area (Å²) in [5.74, 6) is 1.44. The van der Waals surface area contributed by atoms with Gasteiger partial charge in [-0.05, 0) is 84.4 Å². The van der Waals surface area contributed by atoms with Crippen LogP contribution in [0.2, 0.25) is 0 Å². The Bertz CT molecular complexity index is 1020. The minimum atomic E-state index is -1.15. The molecule has 1 aromatic rings. The number of hydrogen-bond acceptors (Lipinski definition) is 5. The van der Waals surface area contributed by atoms with Crippen molar-refractivity contribution in [2.24, 2.45) is 11.7 Å². The lowest BCUT2D eigenvalue weighted by Gasteiger charge is -2.39. The van der Waals surface area contributed by atoms with Gasteiger partial charge in [0.2, 0.25) is 17.7 Å². The maximum absolute atomic E-state index is 14.3. The number of benzene rings is 1. The van der Waals surface area contributed by atoms with Gasteiger partial charge in [-0.15, -0.1) is 6.42 Å². The molecule has 0 aliphatic rings. The Balaban J connectivity index is 3.65. The average molecular weight is 543 g/mol. The van der Waals surface area contributed by atoms with Crippen LogP contribution in [-0.4, -0.2) is 52.4 Å². The number of amides is 4. The molecule has 3 atom stereocenters. The van der Waals surface area contributed by atoms with Crippen molar-refractivity contribution >= 4 is 23.8 Å². The second-order valence-corrected chi connectivity index (χ2v) is 11.6. The van der Waals surface area contributed by atoms with E-state index < -0.39 is 35.6 Å². The van der Waals surface area contributed by atoms with E-state index in [9.17, 15) is 19.2 Å². The first kappa shape index (κ1) is 33.5. The third kappa shape index (κ3) is 11.8. The fraction of sp³-hybridized carbons (Fsp3) is 0.600. The maximum Gasteiger partial charge on any atom is 0.408 e. The highest BCUT2D eigenvalue weighted by Crippen LogP contribution is 2.28. The number of alkyl carbamates (subject to hydrolysis) is 1. The highest BCUT2D eigenvalue weighted by Gasteiger charge is 2.39. The second-order valence-electron chi connectivity index (χ2n) is 11.6. The van der Waals surface area contributed by atoms with Crippen LogP contribution >= 0.6 is 0 Å². The number of hydrogen-bond donors (Lipinski definition) is 3. The molecule has 0 saturated carbocycles. The first-order valence-electron chi connectivity index (χ1n) is 13.5. The smallest absolute Gasteiger partial charge is 0.408 e. The first-order valence-corrected chi connectivity index (χ1v) is 13.5. The minimum Gasteiger partial charge on any atom is -0.444 e. The molecule has 216 valence electrons. The summed E-state index contributed by atoms with van der Waals surface area (Å²) in [5, 5.41) is 5.54. The van der Waals surface area contributed by atoms with Crippen LogP contribution < -0.4 is 16.4 Å². The van der Waals surface area contributed by atoms with E-state index in [-0.39, 0.29) is 30.8 Å². The third-order valence-electron chi connectivity index (χ3n) is 5.91. The molecule has 0 spiro atoms. The van der Waals surface area contributed by atoms with Crippen molar-refractivity contribution < 1.29 is 23.9 Å². The molecule has 0 bridgehead atoms. The number of nitrogens with two attached hydrogens (primary N) is 1. The maximum atomic E-state index is 14.3. The molecule has 0 aromatic heterocycles. The molecule has 9 heteroatoms. The summed E-state index contributed by atoms with van der Waals surface area (Å²) >= 11 is 0. The number of terminal acetylenes is 1. The van der Waals surface area contributed by atoms with Crippen LogP contribution in [0.5, 0.6) is 0 Å². The van der Waals surface area contributed by atoms with Crippen LogP contribution in [0.1, 0.15) is 98.2 Å². The zero-order valence-electron chi connectivity index (χ0n) is 24.7. The molecule has 9 nitrogen and oxygen atoms in total. The van der Waals surface area contributed by atoms with Crippen LogP contribution in [-0.2, 0) is 19.1 Å². The Labute approximate surface area is 233 Å². The molecule has 4 N–H and O–H groups in total. The van der Waals surface area contributed by atoms with Gasteiger partial charge in [0, 0.05) is 24.1 Å². The molecular formula is C30H46N4O5. The summed E-state index contributed by atoms with van der Waals surface area (Å²) in [7, 11) is 0. The summed E-state index contributed by atoms with van der Waals surface area (Å²) in [4.78, 5) is 53.8. The summed E-state index contributed by atoms with van der Waals surface area (Å²) in [6, 6.07) is 4.18. The van der Waals surface area contributed by atoms with E-state index >= 15 is 0 Å². The number of rotatable bonds is 13. The number of primary amides is 1. The van der Waals surface area contributed by atoms with Crippen molar-refractivity contribution in [3.63, 3.8) is 0 Å². The van der Waals surface area contributed by atoms with Gasteiger partial charge in [0.15, 0.2) is 0 Å². The van der Waals surface area contributed by atoms with Crippen LogP contribution in [0.3, 0.4) is 0 Å². The Morgan fingerprint density at radius 3 is 2.03 bits per heavy atom. The predicted molar refractivity (Wildman–Crippen MR) is 152 cm³/mol. The van der Waals surface area contributed by atoms with Crippen LogP contribution in [0.4, 0.5) is 4.79 Å². The summed E-state index contributed by atoms with van der Waals surface area (Å²) in [5.41, 5.74) is 5.79. The minimum absolute atomic E-state index is 0.0463. The second kappa shape index (κ2) is 15.2. The van der Waals surface area contributed by atoms with Crippen molar-refractivity contribution in [1.82, 2.24) is 15.5 Å². The van der Waals surface area contributed by atoms with E-state index in [1.165, 1.54) is 4.90 Å². The summed E-state index contributed by atoms with van der Waals surface area (Å²) < 4.78 is 5.38. The van der Waals surface area contributed by atoms with Gasteiger partial charge in [0.25, 0.3) is 0 Å². The number of nitrogens with zero attached hydrogens (tertiary/aromatic N) is 1. The van der Waals surface area contributed by atoms with E-state index in [0.717, 1.165) is 6.42 Å². The molecule has 0 aliphatic carbocycles. The SMILES string of the molecule is C#Cc1ccc(C(C(=O)NC(C)C)N(C(=O)C(CCC(N)=O)NC(=O)OC(C)(C)C)C(C)CCC(C)C)cc1. The summed E-state index contributed by atoms with van der Waals surface area (Å²) in [6.45, 7) is 14.8. The van der Waals surface area contributed by atoms with Crippen molar-refractivity contribution in [3.8, 4) is 12.3 Å². The number of carbonyl (C=O) groups is 4. The van der Waals surface area contributed by atoms with Crippen LogP contribution in [0.25, 0.3) is 0 Å². The topological polar surface area (TPSA) is 131 Å². The van der Waals surface area contributed by atoms with E-state index in [2.05, 4.69) is 30.4 Å². The van der Waals surface area contributed by atoms with Gasteiger partial charge in [-0.3, -0.25) is 14.4 Å². The molecule has 4 amide bonds. The van der Waals surface area contributed by atoms with Crippen LogP contribution in [0, 0.1) is 18.3 Å². The Hall–Kier alpha value is -3.54. The van der Waals surface area contributed by atoms with Gasteiger partial charge >= 0.3 is 6.09 Å². The highest BCUT2D eigenvalue weighted by molar-refractivity contribution is 5.92. The predicted octanol–water partition coefficient (Wildman–Crippen LogP) is 4.05. The number of nitrogens with one attached hydrogen (secondary N) is 2. The lowest BCUT2D eigenvalue weighted by molar-refractivity contribution is -0.145. The van der Waals surface area contributed by atoms with E-state index in [1.807, 2.05) is 20.8 Å². The molecule has 0 aliphatic heterocycles. The number of carbonyl (C=O) groups excluding carboxylic acids is 4. The zero-order chi connectivity index (χ0) is 29.9. The molecule has 0 saturated heterocycles. The third-order valence-corrected chi connectivity index (χ3v) is 5.91. The molecule has 1 aromatic carbocycles. The fourth-order valence-corrected chi connectivity index (χ4v) is 4.05. The fourth-order valence-electron chi connectivity index (χ4n) is 4.05. The molecule has 3 unspecified atom stereocenters. The molecule has 39 heavy (non-hydrogen) atoms. The average Bonchev–Trinajstić information content (AvgIpc) is 2.81. The van der Waals surface area contributed by atoms with Crippen molar-refractivity contribution in [3.05, 3.63) is 35.4 Å². The molecule has 0 heterocycles. The van der Waals surface area contributed by atoms with E-state index in [0.29, 0.717) is 23.5 Å². The lowest BCUT2D eigenvalue weighted by Crippen LogP contribution is -2.56. The van der Waals surface area contributed by atoms with Gasteiger partial charge < -0.3 is 26.0 Å². The Morgan fingerprint density at radius 2 is 1.56 bits per heavy atom. The van der Waals surface area contributed by atoms with Gasteiger partial charge in [-0.1, -0.05) is 31.9 Å². The first-order chi connectivity index (χ1) is 18.0. The Kier molecular flexibility index (Phi) is 13.0. The largest absolute Gasteiger partial charge is 0.444 e. The number of ether oxygens (including phenoxy) is 1. The van der Waals surface area contributed by atoms with E-state index in [4.69, 9.17) is 16.9 Å². The molecule has 0 fully saturated rings. The molecular weight excluding hydrogens is 496 g/mol.